The molecule has 0 saturated carbocycles. The topological polar surface area (TPSA) is 59.7 Å². The monoisotopic (exact) mass is 404 g/mol. The molecule has 4 rings (SSSR count). The van der Waals surface area contributed by atoms with Crippen molar-refractivity contribution in [2.75, 3.05) is 13.1 Å². The molecule has 0 spiro atoms. The maximum absolute atomic E-state index is 14.3. The van der Waals surface area contributed by atoms with Gasteiger partial charge in [0.05, 0.1) is 28.6 Å². The van der Waals surface area contributed by atoms with Crippen molar-refractivity contribution in [1.82, 2.24) is 14.7 Å². The van der Waals surface area contributed by atoms with E-state index in [0.29, 0.717) is 24.5 Å². The fraction of sp³-hybridized carbons (Fsp3) is 0.450. The zero-order chi connectivity index (χ0) is 20.2. The third-order valence-corrected chi connectivity index (χ3v) is 5.47. The molecule has 1 amide bonds. The predicted molar refractivity (Wildman–Crippen MR) is 104 cm³/mol. The first kappa shape index (κ1) is 18.9. The van der Waals surface area contributed by atoms with E-state index in [0.717, 1.165) is 5.69 Å². The Morgan fingerprint density at radius 1 is 1.32 bits per heavy atom. The highest BCUT2D eigenvalue weighted by Crippen LogP contribution is 2.34. The molecular formula is C20H22ClFN4O2. The lowest BCUT2D eigenvalue weighted by atomic mass is 9.94. The Labute approximate surface area is 167 Å². The number of aromatic nitrogens is 2. The minimum absolute atomic E-state index is 0.164. The van der Waals surface area contributed by atoms with Crippen LogP contribution in [0.3, 0.4) is 0 Å². The van der Waals surface area contributed by atoms with Gasteiger partial charge in [0.2, 0.25) is 0 Å². The number of hydrogen-bond donors (Lipinski definition) is 0. The van der Waals surface area contributed by atoms with Gasteiger partial charge in [-0.3, -0.25) is 9.48 Å². The van der Waals surface area contributed by atoms with Crippen molar-refractivity contribution in [2.45, 2.75) is 39.3 Å². The number of aryl methyl sites for hydroxylation is 1. The zero-order valence-electron chi connectivity index (χ0n) is 16.2. The molecule has 1 aromatic heterocycles. The quantitative estimate of drug-likeness (QED) is 0.768. The largest absolute Gasteiger partial charge is 0.390 e. The van der Waals surface area contributed by atoms with E-state index in [1.54, 1.807) is 23.1 Å². The van der Waals surface area contributed by atoms with E-state index in [4.69, 9.17) is 16.4 Å². The van der Waals surface area contributed by atoms with Gasteiger partial charge in [-0.2, -0.15) is 5.10 Å². The van der Waals surface area contributed by atoms with Crippen LogP contribution in [0.4, 0.5) is 4.39 Å². The van der Waals surface area contributed by atoms with E-state index in [1.807, 2.05) is 32.4 Å². The van der Waals surface area contributed by atoms with Crippen LogP contribution in [0.25, 0.3) is 0 Å². The van der Waals surface area contributed by atoms with E-state index in [2.05, 4.69) is 10.3 Å². The van der Waals surface area contributed by atoms with Gasteiger partial charge in [-0.05, 0) is 45.9 Å². The van der Waals surface area contributed by atoms with Gasteiger partial charge in [0.15, 0.2) is 11.8 Å². The van der Waals surface area contributed by atoms with Gasteiger partial charge in [0, 0.05) is 12.2 Å². The Kier molecular flexibility index (Phi) is 4.45. The van der Waals surface area contributed by atoms with Crippen molar-refractivity contribution in [3.05, 3.63) is 52.1 Å². The molecule has 28 heavy (non-hydrogen) atoms. The molecule has 0 N–H and O–H groups in total. The first-order valence-corrected chi connectivity index (χ1v) is 9.59. The van der Waals surface area contributed by atoms with E-state index < -0.39 is 5.82 Å². The summed E-state index contributed by atoms with van der Waals surface area (Å²) < 4.78 is 16.2. The molecule has 0 aliphatic carbocycles. The third kappa shape index (κ3) is 3.07. The molecule has 2 aliphatic heterocycles. The maximum atomic E-state index is 14.3. The summed E-state index contributed by atoms with van der Waals surface area (Å²) in [5.41, 5.74) is 1.81. The molecule has 0 bridgehead atoms. The number of hydrogen-bond acceptors (Lipinski definition) is 4. The van der Waals surface area contributed by atoms with Crippen LogP contribution >= 0.6 is 11.6 Å². The average Bonchev–Trinajstić information content (AvgIpc) is 3.28. The summed E-state index contributed by atoms with van der Waals surface area (Å²) in [5, 5.41) is 8.85. The lowest BCUT2D eigenvalue weighted by Gasteiger charge is -2.21. The highest BCUT2D eigenvalue weighted by molar-refractivity contribution is 6.34. The normalized spacial score (nSPS) is 21.5. The van der Waals surface area contributed by atoms with E-state index in [1.165, 1.54) is 6.07 Å². The van der Waals surface area contributed by atoms with E-state index in [9.17, 15) is 9.18 Å². The van der Waals surface area contributed by atoms with Gasteiger partial charge < -0.3 is 9.74 Å². The molecule has 148 valence electrons. The van der Waals surface area contributed by atoms with Crippen LogP contribution in [0.2, 0.25) is 5.02 Å². The zero-order valence-corrected chi connectivity index (χ0v) is 17.0. The SMILES string of the molecule is Cc1cc(C(=O)N2CC3ON=C(c4c(F)cccc4Cl)C3C2)nn1C(C)(C)C. The van der Waals surface area contributed by atoms with E-state index >= 15 is 0 Å². The van der Waals surface area contributed by atoms with Crippen LogP contribution < -0.4 is 0 Å². The molecule has 1 saturated heterocycles. The summed E-state index contributed by atoms with van der Waals surface area (Å²) in [7, 11) is 0. The average molecular weight is 405 g/mol. The number of halogens is 2. The Hall–Kier alpha value is -2.41. The number of carbonyl (C=O) groups is 1. The van der Waals surface area contributed by atoms with Gasteiger partial charge in [-0.1, -0.05) is 22.8 Å². The molecule has 2 aliphatic rings. The third-order valence-electron chi connectivity index (χ3n) is 5.15. The minimum Gasteiger partial charge on any atom is -0.390 e. The Morgan fingerprint density at radius 3 is 2.71 bits per heavy atom. The number of amides is 1. The van der Waals surface area contributed by atoms with Gasteiger partial charge in [-0.15, -0.1) is 0 Å². The van der Waals surface area contributed by atoms with Crippen molar-refractivity contribution < 1.29 is 14.0 Å². The van der Waals surface area contributed by atoms with E-state index in [-0.39, 0.29) is 34.1 Å². The second-order valence-electron chi connectivity index (χ2n) is 8.29. The number of benzene rings is 1. The Balaban J connectivity index is 1.57. The van der Waals surface area contributed by atoms with Crippen LogP contribution in [0.1, 0.15) is 42.5 Å². The molecule has 3 heterocycles. The number of oxime groups is 1. The molecular weight excluding hydrogens is 383 g/mol. The first-order valence-electron chi connectivity index (χ1n) is 9.21. The second kappa shape index (κ2) is 6.58. The van der Waals surface area contributed by atoms with Crippen molar-refractivity contribution in [2.24, 2.45) is 11.1 Å². The number of rotatable bonds is 2. The summed E-state index contributed by atoms with van der Waals surface area (Å²) in [6.45, 7) is 8.81. The fourth-order valence-corrected chi connectivity index (χ4v) is 4.15. The summed E-state index contributed by atoms with van der Waals surface area (Å²) in [6.07, 6.45) is -0.305. The van der Waals surface area contributed by atoms with Gasteiger partial charge >= 0.3 is 0 Å². The minimum atomic E-state index is -0.445. The molecule has 1 aromatic carbocycles. The molecule has 6 nitrogen and oxygen atoms in total. The number of carbonyl (C=O) groups excluding carboxylic acids is 1. The molecule has 1 fully saturated rings. The summed E-state index contributed by atoms with van der Waals surface area (Å²) in [6, 6.07) is 6.31. The van der Waals surface area contributed by atoms with Gasteiger partial charge in [0.1, 0.15) is 11.5 Å². The molecule has 2 aromatic rings. The van der Waals surface area contributed by atoms with Crippen LogP contribution in [0.15, 0.2) is 29.4 Å². The number of nitrogens with zero attached hydrogens (tertiary/aromatic N) is 4. The number of likely N-dealkylation sites (tertiary alicyclic amines) is 1. The van der Waals surface area contributed by atoms with Crippen molar-refractivity contribution >= 4 is 23.2 Å². The van der Waals surface area contributed by atoms with Crippen LogP contribution in [-0.2, 0) is 10.4 Å². The van der Waals surface area contributed by atoms with Crippen molar-refractivity contribution in [1.29, 1.82) is 0 Å². The highest BCUT2D eigenvalue weighted by Gasteiger charge is 2.46. The Bertz CT molecular complexity index is 959. The molecule has 2 unspecified atom stereocenters. The summed E-state index contributed by atoms with van der Waals surface area (Å²) in [4.78, 5) is 20.2. The standard InChI is InChI=1S/C20H22ClFN4O2/c1-11-8-15(23-26(11)20(2,3)4)19(27)25-9-12-16(10-25)28-24-18(12)17-13(21)6-5-7-14(17)22/h5-8,12,16H,9-10H2,1-4H3. The maximum Gasteiger partial charge on any atom is 0.274 e. The molecule has 2 atom stereocenters. The van der Waals surface area contributed by atoms with Crippen molar-refractivity contribution in [3.63, 3.8) is 0 Å². The van der Waals surface area contributed by atoms with Crippen LogP contribution in [-0.4, -0.2) is 45.5 Å². The van der Waals surface area contributed by atoms with Crippen molar-refractivity contribution in [3.8, 4) is 0 Å². The summed E-state index contributed by atoms with van der Waals surface area (Å²) in [5.74, 6) is -0.827. The highest BCUT2D eigenvalue weighted by atomic mass is 35.5. The Morgan fingerprint density at radius 2 is 2.07 bits per heavy atom. The fourth-order valence-electron chi connectivity index (χ4n) is 3.89. The lowest BCUT2D eigenvalue weighted by Crippen LogP contribution is -2.31. The van der Waals surface area contributed by atoms with Gasteiger partial charge in [0.25, 0.3) is 5.91 Å². The second-order valence-corrected chi connectivity index (χ2v) is 8.69. The predicted octanol–water partition coefficient (Wildman–Crippen LogP) is 3.61. The first-order chi connectivity index (χ1) is 13.2. The number of fused-ring (bicyclic) bond motifs is 1. The van der Waals surface area contributed by atoms with Crippen LogP contribution in [0.5, 0.6) is 0 Å². The molecule has 8 heteroatoms. The molecule has 0 radical (unpaired) electrons. The smallest absolute Gasteiger partial charge is 0.274 e. The van der Waals surface area contributed by atoms with Gasteiger partial charge in [-0.25, -0.2) is 4.39 Å². The van der Waals surface area contributed by atoms with Crippen LogP contribution in [0, 0.1) is 18.7 Å². The lowest BCUT2D eigenvalue weighted by molar-refractivity contribution is 0.0627. The summed E-state index contributed by atoms with van der Waals surface area (Å²) >= 11 is 6.19.